The van der Waals surface area contributed by atoms with Crippen LogP contribution in [0.3, 0.4) is 0 Å². The summed E-state index contributed by atoms with van der Waals surface area (Å²) in [5, 5.41) is 6.68. The van der Waals surface area contributed by atoms with Gasteiger partial charge in [0.25, 0.3) is 0 Å². The number of aliphatic imine (C=N–C) groups is 1. The van der Waals surface area contributed by atoms with Crippen LogP contribution in [0.2, 0.25) is 0 Å². The number of amides is 1. The smallest absolute Gasteiger partial charge is 0.222 e. The molecule has 0 aromatic heterocycles. The van der Waals surface area contributed by atoms with Crippen molar-refractivity contribution in [1.82, 2.24) is 15.5 Å². The van der Waals surface area contributed by atoms with E-state index in [9.17, 15) is 4.79 Å². The summed E-state index contributed by atoms with van der Waals surface area (Å²) in [6, 6.07) is 8.43. The number of nitrogens with zero attached hydrogens (tertiary/aromatic N) is 3. The van der Waals surface area contributed by atoms with Gasteiger partial charge in [0.15, 0.2) is 5.96 Å². The van der Waals surface area contributed by atoms with Gasteiger partial charge in [-0.05, 0) is 43.9 Å². The number of carbonyl (C=O) groups is 1. The summed E-state index contributed by atoms with van der Waals surface area (Å²) < 4.78 is 0. The van der Waals surface area contributed by atoms with Gasteiger partial charge in [0.1, 0.15) is 0 Å². The van der Waals surface area contributed by atoms with Gasteiger partial charge in [-0.15, -0.1) is 0 Å². The van der Waals surface area contributed by atoms with Crippen molar-refractivity contribution >= 4 is 17.6 Å². The van der Waals surface area contributed by atoms with Crippen molar-refractivity contribution in [3.05, 3.63) is 29.8 Å². The maximum Gasteiger partial charge on any atom is 0.222 e. The SMILES string of the molecule is CCNC(=NCc1cccc(N(C)C)c1)NCCCN1CCCCCC1=O. The predicted molar refractivity (Wildman–Crippen MR) is 113 cm³/mol. The summed E-state index contributed by atoms with van der Waals surface area (Å²) in [4.78, 5) is 20.9. The molecule has 0 radical (unpaired) electrons. The molecule has 1 aromatic carbocycles. The van der Waals surface area contributed by atoms with Crippen molar-refractivity contribution < 1.29 is 4.79 Å². The maximum atomic E-state index is 12.0. The van der Waals surface area contributed by atoms with Gasteiger partial charge in [-0.25, -0.2) is 4.99 Å². The zero-order chi connectivity index (χ0) is 19.5. The van der Waals surface area contributed by atoms with Gasteiger partial charge in [0, 0.05) is 52.4 Å². The van der Waals surface area contributed by atoms with Gasteiger partial charge in [-0.2, -0.15) is 0 Å². The Kier molecular flexibility index (Phi) is 8.95. The standard InChI is InChI=1S/C21H35N5O/c1-4-22-21(24-17-18-10-8-11-19(16-18)25(2)3)23-13-9-15-26-14-7-5-6-12-20(26)27/h8,10-11,16H,4-7,9,12-15,17H2,1-3H3,(H2,22,23,24). The van der Waals surface area contributed by atoms with E-state index in [1.54, 1.807) is 0 Å². The third-order valence-corrected chi connectivity index (χ3v) is 4.76. The molecule has 1 saturated heterocycles. The van der Waals surface area contributed by atoms with Crippen LogP contribution < -0.4 is 15.5 Å². The van der Waals surface area contributed by atoms with Crippen molar-refractivity contribution in [2.24, 2.45) is 4.99 Å². The van der Waals surface area contributed by atoms with E-state index in [1.807, 2.05) is 19.0 Å². The van der Waals surface area contributed by atoms with Gasteiger partial charge in [0.05, 0.1) is 6.54 Å². The second kappa shape index (κ2) is 11.5. The van der Waals surface area contributed by atoms with Gasteiger partial charge >= 0.3 is 0 Å². The van der Waals surface area contributed by atoms with Crippen LogP contribution in [0.25, 0.3) is 0 Å². The number of rotatable bonds is 8. The molecule has 6 nitrogen and oxygen atoms in total. The van der Waals surface area contributed by atoms with Crippen molar-refractivity contribution in [3.63, 3.8) is 0 Å². The Labute approximate surface area is 164 Å². The molecule has 6 heteroatoms. The fourth-order valence-electron chi connectivity index (χ4n) is 3.20. The van der Waals surface area contributed by atoms with Gasteiger partial charge < -0.3 is 20.4 Å². The molecule has 2 N–H and O–H groups in total. The quantitative estimate of drug-likeness (QED) is 0.418. The first-order valence-electron chi connectivity index (χ1n) is 10.2. The molecule has 0 spiro atoms. The van der Waals surface area contributed by atoms with Gasteiger partial charge in [-0.3, -0.25) is 4.79 Å². The van der Waals surface area contributed by atoms with E-state index in [0.717, 1.165) is 51.4 Å². The Bertz CT molecular complexity index is 614. The van der Waals surface area contributed by atoms with Crippen LogP contribution in [0.15, 0.2) is 29.3 Å². The van der Waals surface area contributed by atoms with E-state index in [-0.39, 0.29) is 0 Å². The van der Waals surface area contributed by atoms with E-state index >= 15 is 0 Å². The van der Waals surface area contributed by atoms with Crippen molar-refractivity contribution in [2.45, 2.75) is 45.6 Å². The van der Waals surface area contributed by atoms with Gasteiger partial charge in [0.2, 0.25) is 5.91 Å². The summed E-state index contributed by atoms with van der Waals surface area (Å²) >= 11 is 0. The van der Waals surface area contributed by atoms with Crippen LogP contribution in [-0.4, -0.2) is 57.0 Å². The molecule has 0 atom stereocenters. The minimum atomic E-state index is 0.314. The third-order valence-electron chi connectivity index (χ3n) is 4.76. The first-order valence-corrected chi connectivity index (χ1v) is 10.2. The Morgan fingerprint density at radius 3 is 2.85 bits per heavy atom. The fraction of sp³-hybridized carbons (Fsp3) is 0.619. The number of hydrogen-bond acceptors (Lipinski definition) is 3. The van der Waals surface area contributed by atoms with E-state index in [4.69, 9.17) is 4.99 Å². The Hall–Kier alpha value is -2.24. The number of hydrogen-bond donors (Lipinski definition) is 2. The number of carbonyl (C=O) groups excluding carboxylic acids is 1. The lowest BCUT2D eigenvalue weighted by molar-refractivity contribution is -0.130. The molecule has 1 aromatic rings. The summed E-state index contributed by atoms with van der Waals surface area (Å²) in [5.74, 6) is 1.14. The lowest BCUT2D eigenvalue weighted by Crippen LogP contribution is -2.39. The summed E-state index contributed by atoms with van der Waals surface area (Å²) in [7, 11) is 4.09. The maximum absolute atomic E-state index is 12.0. The highest BCUT2D eigenvalue weighted by Gasteiger charge is 2.15. The minimum Gasteiger partial charge on any atom is -0.378 e. The molecule has 1 aliphatic heterocycles. The summed E-state index contributed by atoms with van der Waals surface area (Å²) in [6.45, 7) is 6.09. The van der Waals surface area contributed by atoms with Crippen molar-refractivity contribution in [2.75, 3.05) is 45.2 Å². The lowest BCUT2D eigenvalue weighted by atomic mass is 10.2. The first-order chi connectivity index (χ1) is 13.1. The zero-order valence-corrected chi connectivity index (χ0v) is 17.1. The molecule has 0 saturated carbocycles. The molecule has 150 valence electrons. The van der Waals surface area contributed by atoms with Crippen LogP contribution in [0.1, 0.15) is 44.6 Å². The second-order valence-corrected chi connectivity index (χ2v) is 7.23. The normalized spacial score (nSPS) is 15.4. The van der Waals surface area contributed by atoms with Crippen molar-refractivity contribution in [1.29, 1.82) is 0 Å². The topological polar surface area (TPSA) is 60.0 Å². The number of benzene rings is 1. The molecular formula is C21H35N5O. The molecule has 0 aliphatic carbocycles. The van der Waals surface area contributed by atoms with Crippen LogP contribution in [0, 0.1) is 0 Å². The summed E-state index contributed by atoms with van der Waals surface area (Å²) in [6.07, 6.45) is 5.00. The van der Waals surface area contributed by atoms with Crippen LogP contribution >= 0.6 is 0 Å². The first kappa shape index (κ1) is 21.1. The molecule has 1 amide bonds. The van der Waals surface area contributed by atoms with Crippen LogP contribution in [-0.2, 0) is 11.3 Å². The largest absolute Gasteiger partial charge is 0.378 e. The third kappa shape index (κ3) is 7.49. The Morgan fingerprint density at radius 2 is 2.07 bits per heavy atom. The fourth-order valence-corrected chi connectivity index (χ4v) is 3.20. The molecule has 27 heavy (non-hydrogen) atoms. The van der Waals surface area contributed by atoms with E-state index in [0.29, 0.717) is 18.9 Å². The average Bonchev–Trinajstić information content (AvgIpc) is 2.87. The Balaban J connectivity index is 1.81. The highest BCUT2D eigenvalue weighted by Crippen LogP contribution is 2.14. The lowest BCUT2D eigenvalue weighted by Gasteiger charge is -2.20. The minimum absolute atomic E-state index is 0.314. The monoisotopic (exact) mass is 373 g/mol. The average molecular weight is 374 g/mol. The molecule has 0 bridgehead atoms. The Morgan fingerprint density at radius 1 is 1.22 bits per heavy atom. The number of nitrogens with one attached hydrogen (secondary N) is 2. The van der Waals surface area contributed by atoms with Crippen LogP contribution in [0.5, 0.6) is 0 Å². The number of guanidine groups is 1. The second-order valence-electron chi connectivity index (χ2n) is 7.23. The highest BCUT2D eigenvalue weighted by atomic mass is 16.2. The molecule has 1 fully saturated rings. The van der Waals surface area contributed by atoms with Gasteiger partial charge in [-0.1, -0.05) is 18.6 Å². The predicted octanol–water partition coefficient (Wildman–Crippen LogP) is 2.60. The molecule has 1 heterocycles. The van der Waals surface area contributed by atoms with Crippen molar-refractivity contribution in [3.8, 4) is 0 Å². The van der Waals surface area contributed by atoms with E-state index < -0.39 is 0 Å². The van der Waals surface area contributed by atoms with E-state index in [2.05, 4.69) is 46.7 Å². The molecular weight excluding hydrogens is 338 g/mol. The zero-order valence-electron chi connectivity index (χ0n) is 17.1. The number of anilines is 1. The molecule has 2 rings (SSSR count). The van der Waals surface area contributed by atoms with Crippen LogP contribution in [0.4, 0.5) is 5.69 Å². The molecule has 1 aliphatic rings. The molecule has 0 unspecified atom stereocenters. The number of likely N-dealkylation sites (tertiary alicyclic amines) is 1. The highest BCUT2D eigenvalue weighted by molar-refractivity contribution is 5.79. The van der Waals surface area contributed by atoms with E-state index in [1.165, 1.54) is 17.7 Å². The summed E-state index contributed by atoms with van der Waals surface area (Å²) in [5.41, 5.74) is 2.37.